The lowest BCUT2D eigenvalue weighted by atomic mass is 10.3. The first-order valence-corrected chi connectivity index (χ1v) is 2.96. The predicted molar refractivity (Wildman–Crippen MR) is 28.7 cm³/mol. The lowest BCUT2D eigenvalue weighted by Crippen LogP contribution is -2.48. The molecule has 0 rings (SSSR count). The van der Waals surface area contributed by atoms with Gasteiger partial charge in [0.2, 0.25) is 0 Å². The van der Waals surface area contributed by atoms with Crippen molar-refractivity contribution in [3.63, 3.8) is 0 Å². The lowest BCUT2D eigenvalue weighted by molar-refractivity contribution is -0.428. The number of hydrogen-bond acceptors (Lipinski definition) is 2. The first-order chi connectivity index (χ1) is 5.52. The summed E-state index contributed by atoms with van der Waals surface area (Å²) in [7, 11) is 0. The average Bonchev–Trinajstić information content (AvgIpc) is 1.81. The summed E-state index contributed by atoms with van der Waals surface area (Å²) >= 11 is 0. The molecule has 0 aliphatic rings. The third kappa shape index (κ3) is 3.39. The van der Waals surface area contributed by atoms with Gasteiger partial charge in [-0.1, -0.05) is 0 Å². The highest BCUT2D eigenvalue weighted by molar-refractivity contribution is 4.76. The Balaban J connectivity index is 4.58. The molecule has 0 aliphatic heterocycles. The molecule has 0 unspecified atom stereocenters. The van der Waals surface area contributed by atoms with Gasteiger partial charge in [-0.05, 0) is 0 Å². The Morgan fingerprint density at radius 2 is 1.46 bits per heavy atom. The molecule has 0 spiro atoms. The monoisotopic (exact) mass is 212 g/mol. The van der Waals surface area contributed by atoms with Crippen molar-refractivity contribution in [3.8, 4) is 0 Å². The number of ether oxygens (including phenoxy) is 1. The summed E-state index contributed by atoms with van der Waals surface area (Å²) in [6.45, 7) is -2.40. The maximum absolute atomic E-state index is 12.1. The molecule has 0 atom stereocenters. The molecule has 80 valence electrons. The van der Waals surface area contributed by atoms with Crippen LogP contribution in [0.3, 0.4) is 0 Å². The minimum absolute atomic E-state index is 0.117. The van der Waals surface area contributed by atoms with Crippen molar-refractivity contribution in [2.24, 2.45) is 0 Å². The van der Waals surface area contributed by atoms with Crippen LogP contribution in [0.5, 0.6) is 0 Å². The second-order valence-electron chi connectivity index (χ2n) is 2.29. The molecule has 1 N–H and O–H groups in total. The van der Waals surface area contributed by atoms with E-state index in [4.69, 9.17) is 5.11 Å². The van der Waals surface area contributed by atoms with E-state index >= 15 is 0 Å². The van der Waals surface area contributed by atoms with Crippen LogP contribution < -0.4 is 0 Å². The van der Waals surface area contributed by atoms with E-state index in [2.05, 4.69) is 4.74 Å². The fourth-order valence-corrected chi connectivity index (χ4v) is 0.392. The maximum atomic E-state index is 12.1. The Kier molecular flexibility index (Phi) is 3.21. The molecule has 0 fully saturated rings. The normalized spacial score (nSPS) is 14.8. The fourth-order valence-electron chi connectivity index (χ4n) is 0.392. The molecule has 0 amide bonds. The number of halogens is 6. The molecule has 0 heterocycles. The van der Waals surface area contributed by atoms with Crippen LogP contribution >= 0.6 is 0 Å². The molecule has 0 saturated carbocycles. The van der Waals surface area contributed by atoms with Crippen molar-refractivity contribution in [1.29, 1.82) is 0 Å². The van der Waals surface area contributed by atoms with Gasteiger partial charge in [-0.25, -0.2) is 0 Å². The van der Waals surface area contributed by atoms with Crippen molar-refractivity contribution in [2.75, 3.05) is 6.61 Å². The topological polar surface area (TPSA) is 29.5 Å². The summed E-state index contributed by atoms with van der Waals surface area (Å²) < 4.78 is 74.2. The number of alkyl halides is 6. The highest BCUT2D eigenvalue weighted by atomic mass is 19.3. The van der Waals surface area contributed by atoms with Crippen molar-refractivity contribution < 1.29 is 36.2 Å². The van der Waals surface area contributed by atoms with E-state index in [1.807, 2.05) is 0 Å². The highest BCUT2D eigenvalue weighted by Crippen LogP contribution is 2.38. The minimum Gasteiger partial charge on any atom is -0.390 e. The van der Waals surface area contributed by atoms with Crippen LogP contribution in [-0.4, -0.2) is 29.9 Å². The molecule has 0 aromatic carbocycles. The van der Waals surface area contributed by atoms with Gasteiger partial charge in [0.05, 0.1) is 0 Å². The number of rotatable bonds is 4. The van der Waals surface area contributed by atoms with Crippen LogP contribution in [0.15, 0.2) is 0 Å². The Morgan fingerprint density at radius 3 is 1.69 bits per heavy atom. The van der Waals surface area contributed by atoms with Gasteiger partial charge in [-0.2, -0.15) is 26.3 Å². The first kappa shape index (κ1) is 12.5. The summed E-state index contributed by atoms with van der Waals surface area (Å²) in [4.78, 5) is 0. The molecule has 13 heavy (non-hydrogen) atoms. The molecule has 2 nitrogen and oxygen atoms in total. The summed E-state index contributed by atoms with van der Waals surface area (Å²) in [6.07, 6.45) is -9.80. The summed E-state index contributed by atoms with van der Waals surface area (Å²) in [5, 5.41) is 7.77. The Hall–Kier alpha value is -0.500. The Morgan fingerprint density at radius 1 is 1.08 bits per heavy atom. The van der Waals surface area contributed by atoms with Gasteiger partial charge in [0, 0.05) is 6.92 Å². The standard InChI is InChI=1S/C5H6F6O2/c1-3(6,7)13-5(10,11)4(8,9)2-12/h12H,2H2,1H3. The van der Waals surface area contributed by atoms with Gasteiger partial charge < -0.3 is 5.11 Å². The molecular weight excluding hydrogens is 206 g/mol. The second kappa shape index (κ2) is 3.33. The van der Waals surface area contributed by atoms with Gasteiger partial charge in [-0.3, -0.25) is 4.74 Å². The van der Waals surface area contributed by atoms with Gasteiger partial charge in [-0.15, -0.1) is 0 Å². The third-order valence-corrected chi connectivity index (χ3v) is 0.932. The molecule has 8 heteroatoms. The van der Waals surface area contributed by atoms with E-state index in [-0.39, 0.29) is 6.92 Å². The van der Waals surface area contributed by atoms with Crippen molar-refractivity contribution in [2.45, 2.75) is 25.1 Å². The minimum atomic E-state index is -5.40. The Labute approximate surface area is 69.1 Å². The SMILES string of the molecule is CC(F)(F)OC(F)(F)C(F)(F)CO. The highest BCUT2D eigenvalue weighted by Gasteiger charge is 2.61. The number of hydrogen-bond donors (Lipinski definition) is 1. The molecule has 0 saturated heterocycles. The third-order valence-electron chi connectivity index (χ3n) is 0.932. The van der Waals surface area contributed by atoms with Crippen molar-refractivity contribution in [1.82, 2.24) is 0 Å². The van der Waals surface area contributed by atoms with Crippen LogP contribution in [0, 0.1) is 0 Å². The van der Waals surface area contributed by atoms with E-state index in [0.717, 1.165) is 0 Å². The maximum Gasteiger partial charge on any atom is 0.426 e. The first-order valence-electron chi connectivity index (χ1n) is 2.96. The summed E-state index contributed by atoms with van der Waals surface area (Å²) in [5.41, 5.74) is 0. The fraction of sp³-hybridized carbons (Fsp3) is 1.00. The van der Waals surface area contributed by atoms with E-state index in [1.54, 1.807) is 0 Å². The Bertz CT molecular complexity index is 174. The summed E-state index contributed by atoms with van der Waals surface area (Å²) in [5.74, 6) is -5.04. The van der Waals surface area contributed by atoms with Gasteiger partial charge >= 0.3 is 18.1 Å². The zero-order valence-corrected chi connectivity index (χ0v) is 6.33. The van der Waals surface area contributed by atoms with E-state index in [9.17, 15) is 26.3 Å². The average molecular weight is 212 g/mol. The lowest BCUT2D eigenvalue weighted by Gasteiger charge is -2.26. The largest absolute Gasteiger partial charge is 0.426 e. The van der Waals surface area contributed by atoms with Crippen LogP contribution in [0.2, 0.25) is 0 Å². The quantitative estimate of drug-likeness (QED) is 0.720. The zero-order valence-electron chi connectivity index (χ0n) is 6.33. The van der Waals surface area contributed by atoms with Crippen molar-refractivity contribution in [3.05, 3.63) is 0 Å². The van der Waals surface area contributed by atoms with Crippen LogP contribution in [0.25, 0.3) is 0 Å². The summed E-state index contributed by atoms with van der Waals surface area (Å²) in [6, 6.07) is 0. The molecular formula is C5H6F6O2. The van der Waals surface area contributed by atoms with Crippen LogP contribution in [-0.2, 0) is 4.74 Å². The molecule has 0 aromatic rings. The van der Waals surface area contributed by atoms with E-state index < -0.39 is 24.7 Å². The van der Waals surface area contributed by atoms with Gasteiger partial charge in [0.1, 0.15) is 6.61 Å². The molecule has 0 aromatic heterocycles. The molecule has 0 aliphatic carbocycles. The van der Waals surface area contributed by atoms with Crippen LogP contribution in [0.1, 0.15) is 6.92 Å². The zero-order chi connectivity index (χ0) is 10.9. The van der Waals surface area contributed by atoms with E-state index in [1.165, 1.54) is 0 Å². The van der Waals surface area contributed by atoms with Gasteiger partial charge in [0.15, 0.2) is 0 Å². The van der Waals surface area contributed by atoms with Gasteiger partial charge in [0.25, 0.3) is 0 Å². The predicted octanol–water partition coefficient (Wildman–Crippen LogP) is 1.84. The van der Waals surface area contributed by atoms with Crippen molar-refractivity contribution >= 4 is 0 Å². The number of aliphatic hydroxyl groups is 1. The molecule has 0 bridgehead atoms. The molecule has 0 radical (unpaired) electrons. The second-order valence-corrected chi connectivity index (χ2v) is 2.29. The number of aliphatic hydroxyl groups excluding tert-OH is 1. The van der Waals surface area contributed by atoms with Crippen LogP contribution in [0.4, 0.5) is 26.3 Å². The smallest absolute Gasteiger partial charge is 0.390 e. The van der Waals surface area contributed by atoms with E-state index in [0.29, 0.717) is 0 Å².